The summed E-state index contributed by atoms with van der Waals surface area (Å²) in [5, 5.41) is 0.438. The number of amides is 1. The molecule has 5 heteroatoms. The molecule has 0 aliphatic rings. The van der Waals surface area contributed by atoms with Gasteiger partial charge < -0.3 is 14.6 Å². The van der Waals surface area contributed by atoms with E-state index in [0.29, 0.717) is 23.2 Å². The Bertz CT molecular complexity index is 932. The number of ether oxygens (including phenoxy) is 1. The summed E-state index contributed by atoms with van der Waals surface area (Å²) in [7, 11) is 3.23. The number of carbonyl (C=O) groups is 1. The van der Waals surface area contributed by atoms with Gasteiger partial charge in [-0.1, -0.05) is 36.4 Å². The van der Waals surface area contributed by atoms with E-state index in [1.54, 1.807) is 32.4 Å². The Morgan fingerprint density at radius 3 is 2.58 bits per heavy atom. The van der Waals surface area contributed by atoms with Crippen LogP contribution in [0, 0.1) is 0 Å². The molecule has 3 aromatic rings. The van der Waals surface area contributed by atoms with E-state index in [-0.39, 0.29) is 16.9 Å². The molecule has 3 rings (SSSR count). The minimum absolute atomic E-state index is 0.120. The monoisotopic (exact) mass is 322 g/mol. The molecule has 1 amide bonds. The van der Waals surface area contributed by atoms with Crippen LogP contribution in [0.3, 0.4) is 0 Å². The lowest BCUT2D eigenvalue weighted by Crippen LogP contribution is -2.30. The number of H-pyrrole nitrogens is 1. The fourth-order valence-corrected chi connectivity index (χ4v) is 2.69. The summed E-state index contributed by atoms with van der Waals surface area (Å²) < 4.78 is 5.24. The van der Waals surface area contributed by atoms with Crippen molar-refractivity contribution in [3.8, 4) is 5.75 Å². The van der Waals surface area contributed by atoms with Gasteiger partial charge in [0.1, 0.15) is 11.3 Å². The highest BCUT2D eigenvalue weighted by Crippen LogP contribution is 2.21. The Balaban J connectivity index is 1.95. The highest BCUT2D eigenvalue weighted by molar-refractivity contribution is 5.97. The number of para-hydroxylation sites is 1. The number of carbonyl (C=O) groups excluding carboxylic acids is 1. The molecule has 2 aromatic carbocycles. The van der Waals surface area contributed by atoms with Crippen LogP contribution in [0.15, 0.2) is 59.5 Å². The van der Waals surface area contributed by atoms with Crippen LogP contribution >= 0.6 is 0 Å². The molecule has 122 valence electrons. The summed E-state index contributed by atoms with van der Waals surface area (Å²) in [6.07, 6.45) is 1.46. The molecule has 0 fully saturated rings. The summed E-state index contributed by atoms with van der Waals surface area (Å²) in [6.45, 7) is 0.440. The number of aromatic amines is 1. The van der Waals surface area contributed by atoms with Gasteiger partial charge in [0, 0.05) is 19.8 Å². The van der Waals surface area contributed by atoms with Crippen LogP contribution in [-0.4, -0.2) is 29.9 Å². The van der Waals surface area contributed by atoms with Crippen LogP contribution in [0.5, 0.6) is 5.75 Å². The van der Waals surface area contributed by atoms with Crippen LogP contribution in [-0.2, 0) is 6.54 Å². The maximum atomic E-state index is 12.7. The van der Waals surface area contributed by atoms with Crippen molar-refractivity contribution in [3.63, 3.8) is 0 Å². The summed E-state index contributed by atoms with van der Waals surface area (Å²) in [5.74, 6) is 0.256. The molecule has 0 aliphatic carbocycles. The second kappa shape index (κ2) is 6.58. The van der Waals surface area contributed by atoms with E-state index in [1.165, 1.54) is 11.1 Å². The molecule has 0 spiro atoms. The van der Waals surface area contributed by atoms with E-state index < -0.39 is 0 Å². The first-order chi connectivity index (χ1) is 11.6. The van der Waals surface area contributed by atoms with Crippen LogP contribution < -0.4 is 10.2 Å². The van der Waals surface area contributed by atoms with Crippen LogP contribution in [0.4, 0.5) is 0 Å². The normalized spacial score (nSPS) is 10.6. The van der Waals surface area contributed by atoms with Crippen molar-refractivity contribution in [1.29, 1.82) is 0 Å². The molecule has 24 heavy (non-hydrogen) atoms. The molecule has 0 aliphatic heterocycles. The molecule has 5 nitrogen and oxygen atoms in total. The molecule has 0 saturated carbocycles. The molecule has 0 bridgehead atoms. The molecule has 1 aromatic heterocycles. The van der Waals surface area contributed by atoms with Crippen molar-refractivity contribution >= 4 is 16.8 Å². The Kier molecular flexibility index (Phi) is 4.33. The van der Waals surface area contributed by atoms with Crippen LogP contribution in [0.1, 0.15) is 15.9 Å². The standard InChI is InChI=1S/C19H18N2O3/c1-21(12-13-7-4-3-5-8-13)19(23)15-11-20-17-14(18(15)22)9-6-10-16(17)24-2/h3-11H,12H2,1-2H3,(H,20,22). The minimum atomic E-state index is -0.315. The number of methoxy groups -OCH3 is 1. The molecule has 0 radical (unpaired) electrons. The number of fused-ring (bicyclic) bond motifs is 1. The highest BCUT2D eigenvalue weighted by atomic mass is 16.5. The van der Waals surface area contributed by atoms with Crippen LogP contribution in [0.25, 0.3) is 10.9 Å². The predicted molar refractivity (Wildman–Crippen MR) is 93.4 cm³/mol. The average Bonchev–Trinajstić information content (AvgIpc) is 2.62. The molecular weight excluding hydrogens is 304 g/mol. The lowest BCUT2D eigenvalue weighted by molar-refractivity contribution is 0.0783. The third kappa shape index (κ3) is 2.88. The van der Waals surface area contributed by atoms with Gasteiger partial charge in [-0.25, -0.2) is 0 Å². The molecule has 0 saturated heterocycles. The fourth-order valence-electron chi connectivity index (χ4n) is 2.69. The summed E-state index contributed by atoms with van der Waals surface area (Å²) in [6, 6.07) is 14.8. The van der Waals surface area contributed by atoms with Gasteiger partial charge in [-0.2, -0.15) is 0 Å². The number of aromatic nitrogens is 1. The number of nitrogens with one attached hydrogen (secondary N) is 1. The maximum Gasteiger partial charge on any atom is 0.259 e. The fraction of sp³-hybridized carbons (Fsp3) is 0.158. The number of nitrogens with zero attached hydrogens (tertiary/aromatic N) is 1. The lowest BCUT2D eigenvalue weighted by atomic mass is 10.1. The van der Waals surface area contributed by atoms with Gasteiger partial charge in [-0.3, -0.25) is 9.59 Å². The second-order valence-corrected chi connectivity index (χ2v) is 5.56. The van der Waals surface area contributed by atoms with Crippen molar-refractivity contribution in [2.75, 3.05) is 14.2 Å². The number of hydrogen-bond acceptors (Lipinski definition) is 3. The first kappa shape index (κ1) is 15.8. The van der Waals surface area contributed by atoms with Gasteiger partial charge in [0.15, 0.2) is 0 Å². The zero-order valence-electron chi connectivity index (χ0n) is 13.6. The zero-order chi connectivity index (χ0) is 17.1. The third-order valence-electron chi connectivity index (χ3n) is 3.94. The van der Waals surface area contributed by atoms with Gasteiger partial charge in [0.05, 0.1) is 18.0 Å². The van der Waals surface area contributed by atoms with Crippen molar-refractivity contribution in [1.82, 2.24) is 9.88 Å². The Labute approximate surface area is 139 Å². The summed E-state index contributed by atoms with van der Waals surface area (Å²) >= 11 is 0. The lowest BCUT2D eigenvalue weighted by Gasteiger charge is -2.17. The van der Waals surface area contributed by atoms with Gasteiger partial charge in [0.2, 0.25) is 5.43 Å². The Morgan fingerprint density at radius 1 is 1.12 bits per heavy atom. The molecule has 0 unspecified atom stereocenters. The summed E-state index contributed by atoms with van der Waals surface area (Å²) in [5.41, 5.74) is 1.42. The number of hydrogen-bond donors (Lipinski definition) is 1. The smallest absolute Gasteiger partial charge is 0.259 e. The van der Waals surface area contributed by atoms with Crippen molar-refractivity contribution in [2.24, 2.45) is 0 Å². The van der Waals surface area contributed by atoms with Crippen LogP contribution in [0.2, 0.25) is 0 Å². The maximum absolute atomic E-state index is 12.7. The molecule has 1 heterocycles. The SMILES string of the molecule is COc1cccc2c(=O)c(C(=O)N(C)Cc3ccccc3)c[nH]c12. The van der Waals surface area contributed by atoms with E-state index in [2.05, 4.69) is 4.98 Å². The number of rotatable bonds is 4. The van der Waals surface area contributed by atoms with E-state index in [9.17, 15) is 9.59 Å². The molecular formula is C19H18N2O3. The minimum Gasteiger partial charge on any atom is -0.495 e. The summed E-state index contributed by atoms with van der Waals surface area (Å²) in [4.78, 5) is 29.9. The highest BCUT2D eigenvalue weighted by Gasteiger charge is 2.18. The Hall–Kier alpha value is -3.08. The Morgan fingerprint density at radius 2 is 1.88 bits per heavy atom. The number of pyridine rings is 1. The first-order valence-electron chi connectivity index (χ1n) is 7.59. The molecule has 1 N–H and O–H groups in total. The largest absolute Gasteiger partial charge is 0.495 e. The quantitative estimate of drug-likeness (QED) is 0.803. The van der Waals surface area contributed by atoms with Gasteiger partial charge in [-0.05, 0) is 17.7 Å². The van der Waals surface area contributed by atoms with Gasteiger partial charge in [0.25, 0.3) is 5.91 Å². The predicted octanol–water partition coefficient (Wildman–Crippen LogP) is 2.81. The topological polar surface area (TPSA) is 62.4 Å². The third-order valence-corrected chi connectivity index (χ3v) is 3.94. The van der Waals surface area contributed by atoms with E-state index >= 15 is 0 Å². The van der Waals surface area contributed by atoms with Crippen molar-refractivity contribution < 1.29 is 9.53 Å². The first-order valence-corrected chi connectivity index (χ1v) is 7.59. The zero-order valence-corrected chi connectivity index (χ0v) is 13.6. The van der Waals surface area contributed by atoms with Crippen molar-refractivity contribution in [2.45, 2.75) is 6.54 Å². The van der Waals surface area contributed by atoms with E-state index in [1.807, 2.05) is 30.3 Å². The average molecular weight is 322 g/mol. The second-order valence-electron chi connectivity index (χ2n) is 5.56. The number of benzene rings is 2. The van der Waals surface area contributed by atoms with E-state index in [4.69, 9.17) is 4.74 Å². The van der Waals surface area contributed by atoms with E-state index in [0.717, 1.165) is 5.56 Å². The molecule has 0 atom stereocenters. The van der Waals surface area contributed by atoms with Crippen molar-refractivity contribution in [3.05, 3.63) is 76.1 Å². The van der Waals surface area contributed by atoms with Gasteiger partial charge in [-0.15, -0.1) is 0 Å². The van der Waals surface area contributed by atoms with Gasteiger partial charge >= 0.3 is 0 Å².